The van der Waals surface area contributed by atoms with Gasteiger partial charge in [-0.05, 0) is 44.9 Å². The SMILES string of the molecule is COC(=O)CCCCCCCCCCCCCCCCCCCCCCCCCCCCCCCCCCC(=O)CCOC(=O)CCCCCCCCCCCCCCCCCCCCCCCCCCCCCCCCCCC(=O)OC.COCCCOCC(COCCCOC)OCCCOC.COCCOC. The summed E-state index contributed by atoms with van der Waals surface area (Å²) in [6.07, 6.45) is 92.0. The van der Waals surface area contributed by atoms with E-state index in [2.05, 4.69) is 9.47 Å². The molecule has 0 aliphatic carbocycles. The van der Waals surface area contributed by atoms with Gasteiger partial charge in [0.05, 0.1) is 47.3 Å². The first-order valence-electron chi connectivity index (χ1n) is 47.3. The molecule has 0 aromatic heterocycles. The Kier molecular flexibility index (Phi) is 107. The van der Waals surface area contributed by atoms with Crippen LogP contribution in [0.15, 0.2) is 0 Å². The Balaban J connectivity index is -0.00000354. The number of Topliss-reactive ketones (excluding diaryl/α,β-unsaturated/α-hetero) is 1. The molecule has 15 heteroatoms. The molecule has 0 radical (unpaired) electrons. The van der Waals surface area contributed by atoms with E-state index in [0.29, 0.717) is 98.2 Å². The Labute approximate surface area is 682 Å². The first kappa shape index (κ1) is 112. The van der Waals surface area contributed by atoms with Gasteiger partial charge in [-0.3, -0.25) is 19.2 Å². The molecule has 0 atom stereocenters. The number of carbonyl (C=O) groups is 4. The molecule has 0 heterocycles. The van der Waals surface area contributed by atoms with Crippen molar-refractivity contribution < 1.29 is 71.3 Å². The van der Waals surface area contributed by atoms with E-state index in [-0.39, 0.29) is 36.4 Å². The second kappa shape index (κ2) is 105. The Morgan fingerprint density at radius 1 is 0.182 bits per heavy atom. The molecule has 110 heavy (non-hydrogen) atoms. The van der Waals surface area contributed by atoms with Crippen molar-refractivity contribution >= 4 is 23.7 Å². The fourth-order valence-electron chi connectivity index (χ4n) is 14.2. The summed E-state index contributed by atoms with van der Waals surface area (Å²) < 4.78 is 56.0. The Morgan fingerprint density at radius 3 is 0.582 bits per heavy atom. The van der Waals surface area contributed by atoms with Crippen molar-refractivity contribution in [3.05, 3.63) is 0 Å². The minimum Gasteiger partial charge on any atom is -0.469 e. The van der Waals surface area contributed by atoms with Crippen LogP contribution in [0.5, 0.6) is 0 Å². The summed E-state index contributed by atoms with van der Waals surface area (Å²) in [6.45, 7) is 6.87. The predicted octanol–water partition coefficient (Wildman–Crippen LogP) is 27.2. The van der Waals surface area contributed by atoms with Crippen LogP contribution in [0.2, 0.25) is 0 Å². The number of carbonyl (C=O) groups excluding carboxylic acids is 4. The lowest BCUT2D eigenvalue weighted by Gasteiger charge is -2.18. The van der Waals surface area contributed by atoms with Crippen LogP contribution in [0, 0.1) is 0 Å². The minimum absolute atomic E-state index is 0.0352. The fraction of sp³-hybridized carbons (Fsp3) is 0.958. The Morgan fingerprint density at radius 2 is 0.373 bits per heavy atom. The third kappa shape index (κ3) is 106. The molecule has 0 saturated carbocycles. The third-order valence-electron chi connectivity index (χ3n) is 21.4. The molecular formula is C95H188O15. The first-order valence-corrected chi connectivity index (χ1v) is 47.3. The van der Waals surface area contributed by atoms with Crippen molar-refractivity contribution in [1.82, 2.24) is 0 Å². The summed E-state index contributed by atoms with van der Waals surface area (Å²) in [7, 11) is 11.3. The molecule has 0 bridgehead atoms. The van der Waals surface area contributed by atoms with Crippen LogP contribution in [0.4, 0.5) is 0 Å². The van der Waals surface area contributed by atoms with Gasteiger partial charge in [-0.1, -0.05) is 385 Å². The van der Waals surface area contributed by atoms with Gasteiger partial charge in [-0.25, -0.2) is 0 Å². The molecule has 0 unspecified atom stereocenters. The molecule has 0 aliphatic rings. The van der Waals surface area contributed by atoms with Crippen molar-refractivity contribution in [1.29, 1.82) is 0 Å². The number of unbranched alkanes of at least 4 members (excludes halogenated alkanes) is 62. The second-order valence-electron chi connectivity index (χ2n) is 32.0. The largest absolute Gasteiger partial charge is 0.469 e. The average molecular weight is 1570 g/mol. The van der Waals surface area contributed by atoms with Crippen molar-refractivity contribution in [2.75, 3.05) is 122 Å². The number of methoxy groups -OCH3 is 7. The number of ketones is 1. The summed E-state index contributed by atoms with van der Waals surface area (Å²) in [5.74, 6) is -0.00921. The van der Waals surface area contributed by atoms with E-state index in [9.17, 15) is 19.2 Å². The van der Waals surface area contributed by atoms with Gasteiger partial charge in [0.25, 0.3) is 0 Å². The van der Waals surface area contributed by atoms with Crippen LogP contribution in [0.25, 0.3) is 0 Å². The highest BCUT2D eigenvalue weighted by molar-refractivity contribution is 5.78. The van der Waals surface area contributed by atoms with E-state index in [4.69, 9.17) is 42.6 Å². The maximum Gasteiger partial charge on any atom is 0.305 e. The van der Waals surface area contributed by atoms with E-state index in [0.717, 1.165) is 70.6 Å². The lowest BCUT2D eigenvalue weighted by Crippen LogP contribution is -2.27. The van der Waals surface area contributed by atoms with Crippen LogP contribution in [-0.4, -0.2) is 152 Å². The lowest BCUT2D eigenvalue weighted by atomic mass is 10.0. The van der Waals surface area contributed by atoms with Gasteiger partial charge in [0, 0.05) is 107 Å². The zero-order chi connectivity index (χ0) is 80.4. The molecule has 0 N–H and O–H groups in total. The monoisotopic (exact) mass is 1570 g/mol. The maximum atomic E-state index is 12.3. The molecule has 0 fully saturated rings. The molecular weight excluding hydrogens is 1380 g/mol. The highest BCUT2D eigenvalue weighted by Crippen LogP contribution is 2.21. The maximum absolute atomic E-state index is 12.3. The molecule has 0 spiro atoms. The molecule has 0 aromatic carbocycles. The van der Waals surface area contributed by atoms with Crippen LogP contribution < -0.4 is 0 Å². The standard InChI is InChI=1S/C76H146O7.C15H32O6.C4H10O2/c1-81-74(78)68-64-60-56-52-48-44-40-36-32-28-24-20-16-12-8-4-3-7-11-15-19-23-27-31-35-39-43-47-51-55-59-63-67-73(77)71-72-83-76(80)70-66-62-58-54-50-46-42-38-34-30-26-22-18-14-10-6-5-9-13-17-21-25-29-33-37-41-45-49-53-57-61-65-69-75(79)82-2;1-16-7-4-10-19-13-15(21-12-6-9-18-3)14-20-11-5-8-17-2;1-5-3-4-6-2/h3-72H2,1-2H3;15H,4-14H2,1-3H3;3-4H2,1-2H3. The third-order valence-corrected chi connectivity index (χ3v) is 21.4. The van der Waals surface area contributed by atoms with Gasteiger partial charge >= 0.3 is 17.9 Å². The number of hydrogen-bond acceptors (Lipinski definition) is 15. The van der Waals surface area contributed by atoms with Crippen molar-refractivity contribution in [3.8, 4) is 0 Å². The Hall–Kier alpha value is -2.24. The molecule has 658 valence electrons. The topological polar surface area (TPSA) is 170 Å². The lowest BCUT2D eigenvalue weighted by molar-refractivity contribution is -0.144. The van der Waals surface area contributed by atoms with E-state index in [1.54, 1.807) is 35.5 Å². The van der Waals surface area contributed by atoms with Crippen LogP contribution in [0.1, 0.15) is 462 Å². The zero-order valence-corrected chi connectivity index (χ0v) is 74.4. The minimum atomic E-state index is -0.125. The molecule has 0 aliphatic heterocycles. The van der Waals surface area contributed by atoms with E-state index in [1.165, 1.54) is 374 Å². The normalized spacial score (nSPS) is 11.3. The number of hydrogen-bond donors (Lipinski definition) is 0. The number of esters is 3. The van der Waals surface area contributed by atoms with Gasteiger partial charge in [0.2, 0.25) is 0 Å². The predicted molar refractivity (Wildman–Crippen MR) is 463 cm³/mol. The van der Waals surface area contributed by atoms with Gasteiger partial charge in [-0.2, -0.15) is 0 Å². The van der Waals surface area contributed by atoms with Gasteiger partial charge in [-0.15, -0.1) is 0 Å². The summed E-state index contributed by atoms with van der Waals surface area (Å²) in [5.41, 5.74) is 0. The Bertz CT molecular complexity index is 1610. The van der Waals surface area contributed by atoms with Crippen molar-refractivity contribution in [2.24, 2.45) is 0 Å². The molecule has 0 rings (SSSR count). The molecule has 0 aromatic rings. The summed E-state index contributed by atoms with van der Waals surface area (Å²) in [5, 5.41) is 0. The smallest absolute Gasteiger partial charge is 0.305 e. The van der Waals surface area contributed by atoms with Crippen LogP contribution in [-0.2, 0) is 71.3 Å². The first-order chi connectivity index (χ1) is 54.2. The van der Waals surface area contributed by atoms with E-state index < -0.39 is 0 Å². The molecule has 0 amide bonds. The average Bonchev–Trinajstić information content (AvgIpc) is 1.31. The van der Waals surface area contributed by atoms with Crippen molar-refractivity contribution in [3.63, 3.8) is 0 Å². The van der Waals surface area contributed by atoms with Crippen LogP contribution in [0.3, 0.4) is 0 Å². The quantitative estimate of drug-likeness (QED) is 0.0320. The number of rotatable bonds is 93. The summed E-state index contributed by atoms with van der Waals surface area (Å²) in [6, 6.07) is 0. The highest BCUT2D eigenvalue weighted by Gasteiger charge is 2.12. The van der Waals surface area contributed by atoms with Crippen LogP contribution >= 0.6 is 0 Å². The second-order valence-corrected chi connectivity index (χ2v) is 32.0. The summed E-state index contributed by atoms with van der Waals surface area (Å²) >= 11 is 0. The fourth-order valence-corrected chi connectivity index (χ4v) is 14.2. The number of ether oxygens (including phenoxy) is 11. The molecule has 0 saturated heterocycles. The van der Waals surface area contributed by atoms with E-state index >= 15 is 0 Å². The molecule has 15 nitrogen and oxygen atoms in total. The van der Waals surface area contributed by atoms with E-state index in [1.807, 2.05) is 0 Å². The highest BCUT2D eigenvalue weighted by atomic mass is 16.6. The van der Waals surface area contributed by atoms with Gasteiger partial charge < -0.3 is 52.1 Å². The zero-order valence-electron chi connectivity index (χ0n) is 74.4. The van der Waals surface area contributed by atoms with Crippen molar-refractivity contribution in [2.45, 2.75) is 468 Å². The van der Waals surface area contributed by atoms with Gasteiger partial charge in [0.1, 0.15) is 11.9 Å². The van der Waals surface area contributed by atoms with Gasteiger partial charge in [0.15, 0.2) is 0 Å². The summed E-state index contributed by atoms with van der Waals surface area (Å²) in [4.78, 5) is 46.8.